The Bertz CT molecular complexity index is 526. The van der Waals surface area contributed by atoms with Crippen molar-refractivity contribution in [2.75, 3.05) is 0 Å². The van der Waals surface area contributed by atoms with Crippen molar-refractivity contribution in [3.05, 3.63) is 41.9 Å². The van der Waals surface area contributed by atoms with Crippen LogP contribution in [0.1, 0.15) is 0 Å². The van der Waals surface area contributed by atoms with Gasteiger partial charge in [0.2, 0.25) is 0 Å². The Balaban J connectivity index is 3.49. The highest BCUT2D eigenvalue weighted by Gasteiger charge is 1.84. The maximum absolute atomic E-state index is 10.7. The molecule has 0 aliphatic rings. The number of H-pyrrole nitrogens is 1. The van der Waals surface area contributed by atoms with Crippen LogP contribution < -0.4 is 26.9 Å². The standard InChI is InChI=1S/C3H2N7O5/c11-3-5-1(7-9(12)13)4-2(6-3)8-10(14)15/h(H2-,4,5,6,7,8,11)/q-1/p-1. The van der Waals surface area contributed by atoms with Crippen LogP contribution in [0.15, 0.2) is 15.0 Å². The fourth-order valence-corrected chi connectivity index (χ4v) is 0.611. The van der Waals surface area contributed by atoms with Gasteiger partial charge in [0.1, 0.15) is 5.62 Å². The second kappa shape index (κ2) is 3.95. The minimum atomic E-state index is -1.17. The molecule has 0 radical (unpaired) electrons. The van der Waals surface area contributed by atoms with Crippen molar-refractivity contribution in [2.45, 2.75) is 0 Å². The number of hydrogen-bond donors (Lipinski definition) is 1. The lowest BCUT2D eigenvalue weighted by Crippen LogP contribution is -2.41. The first-order chi connectivity index (χ1) is 6.97. The molecule has 1 heterocycles. The van der Waals surface area contributed by atoms with Gasteiger partial charge in [-0.15, -0.1) is 5.10 Å². The fourth-order valence-electron chi connectivity index (χ4n) is 0.611. The van der Waals surface area contributed by atoms with Gasteiger partial charge < -0.3 is 15.0 Å². The molecule has 0 aliphatic carbocycles. The van der Waals surface area contributed by atoms with Gasteiger partial charge in [0.25, 0.3) is 0 Å². The molecule has 0 amide bonds. The van der Waals surface area contributed by atoms with E-state index in [4.69, 9.17) is 0 Å². The lowest BCUT2D eigenvalue weighted by Gasteiger charge is -1.99. The van der Waals surface area contributed by atoms with Gasteiger partial charge in [0.05, 0.1) is 10.1 Å². The van der Waals surface area contributed by atoms with E-state index in [2.05, 4.69) is 20.2 Å². The van der Waals surface area contributed by atoms with Crippen molar-refractivity contribution >= 4 is 0 Å². The molecule has 0 aliphatic heterocycles. The zero-order chi connectivity index (χ0) is 11.4. The molecule has 0 aromatic carbocycles. The van der Waals surface area contributed by atoms with Crippen molar-refractivity contribution in [2.24, 2.45) is 10.2 Å². The van der Waals surface area contributed by atoms with Crippen LogP contribution in [0.4, 0.5) is 0 Å². The molecule has 1 aromatic heterocycles. The third-order valence-corrected chi connectivity index (χ3v) is 0.979. The molecule has 15 heavy (non-hydrogen) atoms. The van der Waals surface area contributed by atoms with E-state index in [1.54, 1.807) is 0 Å². The molecule has 1 aromatic rings. The average Bonchev–Trinajstić information content (AvgIpc) is 1.98. The molecular weight excluding hydrogens is 214 g/mol. The van der Waals surface area contributed by atoms with Crippen LogP contribution in [0, 0.1) is 20.2 Å². The van der Waals surface area contributed by atoms with E-state index in [0.717, 1.165) is 0 Å². The lowest BCUT2D eigenvalue weighted by atomic mass is 11.0. The Morgan fingerprint density at radius 2 is 1.47 bits per heavy atom. The molecule has 1 N–H and O–H groups in total. The van der Waals surface area contributed by atoms with Crippen molar-refractivity contribution in [3.8, 4) is 0 Å². The minimum absolute atomic E-state index is 0.722. The van der Waals surface area contributed by atoms with E-state index in [0.29, 0.717) is 0 Å². The molecule has 1 rings (SSSR count). The van der Waals surface area contributed by atoms with Crippen molar-refractivity contribution in [1.82, 2.24) is 15.0 Å². The molecule has 0 unspecified atom stereocenters. The van der Waals surface area contributed by atoms with E-state index < -0.39 is 27.0 Å². The molecular formula is C3HN7O5-2. The maximum atomic E-state index is 10.7. The smallest absolute Gasteiger partial charge is 0.190 e. The predicted octanol–water partition coefficient (Wildman–Crippen LogP) is -3.53. The number of rotatable bonds is 2. The highest BCUT2D eigenvalue weighted by Crippen LogP contribution is 1.61. The molecule has 0 fully saturated rings. The molecule has 0 atom stereocenters. The predicted molar refractivity (Wildman–Crippen MR) is 38.8 cm³/mol. The monoisotopic (exact) mass is 215 g/mol. The molecule has 12 heteroatoms. The summed E-state index contributed by atoms with van der Waals surface area (Å²) in [7, 11) is 0. The van der Waals surface area contributed by atoms with Gasteiger partial charge in [0.15, 0.2) is 10.7 Å². The minimum Gasteiger partial charge on any atom is -0.439 e. The summed E-state index contributed by atoms with van der Waals surface area (Å²) in [4.78, 5) is 38.3. The summed E-state index contributed by atoms with van der Waals surface area (Å²) in [5.74, 6) is 0. The van der Waals surface area contributed by atoms with E-state index in [-0.39, 0.29) is 0 Å². The number of nitrogens with one attached hydrogen (secondary N) is 1. The first-order valence-corrected chi connectivity index (χ1v) is 3.18. The van der Waals surface area contributed by atoms with E-state index in [9.17, 15) is 25.0 Å². The van der Waals surface area contributed by atoms with Crippen LogP contribution in [0.3, 0.4) is 0 Å². The Morgan fingerprint density at radius 1 is 1.07 bits per heavy atom. The Kier molecular flexibility index (Phi) is 2.71. The van der Waals surface area contributed by atoms with Gasteiger partial charge in [0, 0.05) is 0 Å². The Morgan fingerprint density at radius 3 is 1.80 bits per heavy atom. The Hall–Kier alpha value is -2.79. The zero-order valence-electron chi connectivity index (χ0n) is 6.72. The van der Waals surface area contributed by atoms with Crippen LogP contribution >= 0.6 is 0 Å². The van der Waals surface area contributed by atoms with Crippen LogP contribution in [0.25, 0.3) is 0 Å². The van der Waals surface area contributed by atoms with Crippen LogP contribution in [-0.4, -0.2) is 15.0 Å². The van der Waals surface area contributed by atoms with Gasteiger partial charge in [-0.25, -0.2) is 10.1 Å². The summed E-state index contributed by atoms with van der Waals surface area (Å²) in [6.45, 7) is 0. The number of nitro groups is 2. The summed E-state index contributed by atoms with van der Waals surface area (Å²) in [5, 5.41) is 22.8. The fraction of sp³-hybridized carbons (Fsp3) is 0. The van der Waals surface area contributed by atoms with Crippen LogP contribution in [0.2, 0.25) is 0 Å². The van der Waals surface area contributed by atoms with Gasteiger partial charge >= 0.3 is 0 Å². The molecule has 0 saturated heterocycles. The largest absolute Gasteiger partial charge is 0.439 e. The molecule has 0 bridgehead atoms. The van der Waals surface area contributed by atoms with Crippen molar-refractivity contribution < 1.29 is 10.1 Å². The van der Waals surface area contributed by atoms with Crippen LogP contribution in [-0.2, 0) is 0 Å². The highest BCUT2D eigenvalue weighted by molar-refractivity contribution is 4.56. The van der Waals surface area contributed by atoms with Crippen molar-refractivity contribution in [1.29, 1.82) is 0 Å². The normalized spacial score (nSPS) is 12.8. The zero-order valence-corrected chi connectivity index (χ0v) is 6.72. The van der Waals surface area contributed by atoms with Gasteiger partial charge in [-0.2, -0.15) is 0 Å². The molecule has 80 valence electrons. The molecule has 0 spiro atoms. The topological polar surface area (TPSA) is 172 Å². The third-order valence-electron chi connectivity index (χ3n) is 0.979. The van der Waals surface area contributed by atoms with Gasteiger partial charge in [-0.3, -0.25) is 14.9 Å². The summed E-state index contributed by atoms with van der Waals surface area (Å²) < 4.78 is 0. The number of aromatic nitrogens is 3. The quantitative estimate of drug-likeness (QED) is 0.392. The highest BCUT2D eigenvalue weighted by atomic mass is 16.7. The second-order valence-electron chi connectivity index (χ2n) is 1.95. The average molecular weight is 215 g/mol. The molecule has 0 saturated carbocycles. The maximum Gasteiger partial charge on any atom is 0.190 e. The summed E-state index contributed by atoms with van der Waals surface area (Å²) in [6.07, 6.45) is 0. The van der Waals surface area contributed by atoms with Crippen molar-refractivity contribution in [3.63, 3.8) is 0 Å². The SMILES string of the molecule is O=c1[n-]/c(=N\[N+](=O)[O-])[nH]/c(=N/[N+](=O)[O-])[n-]1. The lowest BCUT2D eigenvalue weighted by molar-refractivity contribution is -0.492. The number of hydrogen-bond acceptors (Lipinski definition) is 5. The van der Waals surface area contributed by atoms with Gasteiger partial charge in [-0.05, 0) is 5.62 Å². The molecule has 12 nitrogen and oxygen atoms in total. The van der Waals surface area contributed by atoms with Crippen LogP contribution in [0.5, 0.6) is 0 Å². The van der Waals surface area contributed by atoms with E-state index in [1.807, 2.05) is 4.98 Å². The number of aromatic amines is 1. The second-order valence-corrected chi connectivity index (χ2v) is 1.95. The van der Waals surface area contributed by atoms with E-state index >= 15 is 0 Å². The Labute approximate surface area is 78.3 Å². The van der Waals surface area contributed by atoms with E-state index in [1.165, 1.54) is 0 Å². The van der Waals surface area contributed by atoms with Gasteiger partial charge in [-0.1, -0.05) is 0 Å². The number of nitrogens with zero attached hydrogens (tertiary/aromatic N) is 6. The summed E-state index contributed by atoms with van der Waals surface area (Å²) in [5.41, 5.74) is -2.61. The third kappa shape index (κ3) is 3.21. The summed E-state index contributed by atoms with van der Waals surface area (Å²) >= 11 is 0. The summed E-state index contributed by atoms with van der Waals surface area (Å²) in [6, 6.07) is 0. The first kappa shape index (κ1) is 10.3. The first-order valence-electron chi connectivity index (χ1n) is 3.18.